The Morgan fingerprint density at radius 2 is 2.20 bits per heavy atom. The predicted molar refractivity (Wildman–Crippen MR) is 76.5 cm³/mol. The summed E-state index contributed by atoms with van der Waals surface area (Å²) in [6.07, 6.45) is 4.15. The summed E-state index contributed by atoms with van der Waals surface area (Å²) in [7, 11) is 0. The second-order valence-electron chi connectivity index (χ2n) is 5.24. The van der Waals surface area contributed by atoms with E-state index >= 15 is 0 Å². The Labute approximate surface area is 118 Å². The van der Waals surface area contributed by atoms with Gasteiger partial charge in [0.1, 0.15) is 0 Å². The zero-order valence-corrected chi connectivity index (χ0v) is 12.4. The maximum absolute atomic E-state index is 12.0. The van der Waals surface area contributed by atoms with Crippen molar-refractivity contribution in [1.82, 2.24) is 25.3 Å². The summed E-state index contributed by atoms with van der Waals surface area (Å²) in [5, 5.41) is 14.2. The second-order valence-corrected chi connectivity index (χ2v) is 5.24. The third-order valence-corrected chi connectivity index (χ3v) is 3.39. The zero-order valence-electron chi connectivity index (χ0n) is 12.4. The first-order valence-corrected chi connectivity index (χ1v) is 6.75. The lowest BCUT2D eigenvalue weighted by Crippen LogP contribution is -2.31. The van der Waals surface area contributed by atoms with Crippen molar-refractivity contribution in [2.45, 2.75) is 40.2 Å². The SMILES string of the molecule is Cc1cnn([C@H](C)CNC(=O)Cc2c(C)n[nH]c2C)c1. The van der Waals surface area contributed by atoms with Gasteiger partial charge in [-0.05, 0) is 33.3 Å². The number of hydrogen-bond acceptors (Lipinski definition) is 3. The standard InChI is InChI=1S/C14H21N5O/c1-9-6-16-19(8-9)10(2)7-15-14(20)5-13-11(3)17-18-12(13)4/h6,8,10H,5,7H2,1-4H3,(H,15,20)(H,17,18)/t10-/m1/s1. The van der Waals surface area contributed by atoms with Crippen LogP contribution in [0.5, 0.6) is 0 Å². The second kappa shape index (κ2) is 5.90. The molecule has 0 aromatic carbocycles. The van der Waals surface area contributed by atoms with Crippen molar-refractivity contribution in [2.75, 3.05) is 6.54 Å². The van der Waals surface area contributed by atoms with Gasteiger partial charge < -0.3 is 5.32 Å². The number of hydrogen-bond donors (Lipinski definition) is 2. The van der Waals surface area contributed by atoms with Gasteiger partial charge in [-0.2, -0.15) is 10.2 Å². The first-order chi connectivity index (χ1) is 9.47. The Balaban J connectivity index is 1.86. The van der Waals surface area contributed by atoms with Crippen molar-refractivity contribution in [3.8, 4) is 0 Å². The Hall–Kier alpha value is -2.11. The molecule has 6 nitrogen and oxygen atoms in total. The van der Waals surface area contributed by atoms with E-state index in [4.69, 9.17) is 0 Å². The molecule has 0 unspecified atom stereocenters. The molecule has 0 spiro atoms. The Bertz CT molecular complexity index is 579. The number of aromatic nitrogens is 4. The van der Waals surface area contributed by atoms with E-state index in [1.165, 1.54) is 0 Å². The summed E-state index contributed by atoms with van der Waals surface area (Å²) >= 11 is 0. The highest BCUT2D eigenvalue weighted by atomic mass is 16.1. The van der Waals surface area contributed by atoms with Crippen molar-refractivity contribution < 1.29 is 4.79 Å². The molecule has 20 heavy (non-hydrogen) atoms. The van der Waals surface area contributed by atoms with Gasteiger partial charge in [-0.25, -0.2) is 0 Å². The van der Waals surface area contributed by atoms with Crippen molar-refractivity contribution in [3.63, 3.8) is 0 Å². The van der Waals surface area contributed by atoms with Crippen LogP contribution >= 0.6 is 0 Å². The van der Waals surface area contributed by atoms with Gasteiger partial charge in [0.05, 0.1) is 24.4 Å². The summed E-state index contributed by atoms with van der Waals surface area (Å²) in [5.74, 6) is 0.00771. The van der Waals surface area contributed by atoms with E-state index in [0.29, 0.717) is 13.0 Å². The monoisotopic (exact) mass is 275 g/mol. The van der Waals surface area contributed by atoms with E-state index < -0.39 is 0 Å². The average Bonchev–Trinajstić information content (AvgIpc) is 2.97. The van der Waals surface area contributed by atoms with Gasteiger partial charge in [-0.15, -0.1) is 0 Å². The third-order valence-electron chi connectivity index (χ3n) is 3.39. The summed E-state index contributed by atoms with van der Waals surface area (Å²) in [6.45, 7) is 8.43. The average molecular weight is 275 g/mol. The minimum Gasteiger partial charge on any atom is -0.354 e. The summed E-state index contributed by atoms with van der Waals surface area (Å²) in [6, 6.07) is 0.138. The molecule has 0 fully saturated rings. The topological polar surface area (TPSA) is 75.6 Å². The first kappa shape index (κ1) is 14.3. The Kier molecular flexibility index (Phi) is 4.22. The van der Waals surface area contributed by atoms with Crippen LogP contribution in [0, 0.1) is 20.8 Å². The molecule has 0 saturated carbocycles. The van der Waals surface area contributed by atoms with Crippen LogP contribution in [0.3, 0.4) is 0 Å². The molecule has 2 aromatic rings. The summed E-state index contributed by atoms with van der Waals surface area (Å²) in [4.78, 5) is 12.0. The lowest BCUT2D eigenvalue weighted by molar-refractivity contribution is -0.120. The molecule has 1 atom stereocenters. The third kappa shape index (κ3) is 3.26. The van der Waals surface area contributed by atoms with Gasteiger partial charge in [-0.3, -0.25) is 14.6 Å². The van der Waals surface area contributed by atoms with Crippen LogP contribution in [0.15, 0.2) is 12.4 Å². The van der Waals surface area contributed by atoms with E-state index in [2.05, 4.69) is 20.6 Å². The van der Waals surface area contributed by atoms with Gasteiger partial charge in [0, 0.05) is 24.0 Å². The lowest BCUT2D eigenvalue weighted by atomic mass is 10.1. The number of nitrogens with zero attached hydrogens (tertiary/aromatic N) is 3. The smallest absolute Gasteiger partial charge is 0.224 e. The molecule has 2 rings (SSSR count). The van der Waals surface area contributed by atoms with E-state index in [1.54, 1.807) is 0 Å². The normalized spacial score (nSPS) is 12.4. The number of H-pyrrole nitrogens is 1. The van der Waals surface area contributed by atoms with Crippen LogP contribution in [0.1, 0.15) is 35.5 Å². The van der Waals surface area contributed by atoms with Crippen molar-refractivity contribution >= 4 is 5.91 Å². The van der Waals surface area contributed by atoms with Crippen LogP contribution in [0.25, 0.3) is 0 Å². The molecule has 2 aromatic heterocycles. The largest absolute Gasteiger partial charge is 0.354 e. The summed E-state index contributed by atoms with van der Waals surface area (Å²) in [5.41, 5.74) is 3.93. The van der Waals surface area contributed by atoms with E-state index in [1.807, 2.05) is 44.8 Å². The molecule has 0 radical (unpaired) electrons. The van der Waals surface area contributed by atoms with E-state index in [9.17, 15) is 4.79 Å². The van der Waals surface area contributed by atoms with Crippen LogP contribution in [-0.2, 0) is 11.2 Å². The van der Waals surface area contributed by atoms with Crippen LogP contribution in [0.4, 0.5) is 0 Å². The molecular formula is C14H21N5O. The highest BCUT2D eigenvalue weighted by Gasteiger charge is 2.12. The van der Waals surface area contributed by atoms with Crippen LogP contribution in [0.2, 0.25) is 0 Å². The molecule has 0 aliphatic heterocycles. The number of carbonyl (C=O) groups excluding carboxylic acids is 1. The highest BCUT2D eigenvalue weighted by molar-refractivity contribution is 5.79. The van der Waals surface area contributed by atoms with Crippen molar-refractivity contribution in [1.29, 1.82) is 0 Å². The minimum absolute atomic E-state index is 0.00771. The number of rotatable bonds is 5. The van der Waals surface area contributed by atoms with Gasteiger partial charge in [-0.1, -0.05) is 0 Å². The number of carbonyl (C=O) groups is 1. The fraction of sp³-hybridized carbons (Fsp3) is 0.500. The maximum Gasteiger partial charge on any atom is 0.224 e. The highest BCUT2D eigenvalue weighted by Crippen LogP contribution is 2.10. The fourth-order valence-electron chi connectivity index (χ4n) is 2.09. The fourth-order valence-corrected chi connectivity index (χ4v) is 2.09. The molecule has 2 N–H and O–H groups in total. The van der Waals surface area contributed by atoms with Gasteiger partial charge in [0.15, 0.2) is 0 Å². The zero-order chi connectivity index (χ0) is 14.7. The molecule has 6 heteroatoms. The van der Waals surface area contributed by atoms with Gasteiger partial charge >= 0.3 is 0 Å². The Morgan fingerprint density at radius 1 is 1.45 bits per heavy atom. The van der Waals surface area contributed by atoms with Gasteiger partial charge in [0.2, 0.25) is 5.91 Å². The molecule has 0 bridgehead atoms. The van der Waals surface area contributed by atoms with Crippen LogP contribution < -0.4 is 5.32 Å². The predicted octanol–water partition coefficient (Wildman–Crippen LogP) is 1.45. The van der Waals surface area contributed by atoms with Crippen LogP contribution in [-0.4, -0.2) is 32.4 Å². The molecule has 0 aliphatic rings. The summed E-state index contributed by atoms with van der Waals surface area (Å²) < 4.78 is 1.87. The number of nitrogens with one attached hydrogen (secondary N) is 2. The number of amides is 1. The number of aromatic amines is 1. The Morgan fingerprint density at radius 3 is 2.75 bits per heavy atom. The quantitative estimate of drug-likeness (QED) is 0.867. The molecule has 108 valence electrons. The lowest BCUT2D eigenvalue weighted by Gasteiger charge is -2.13. The van der Waals surface area contributed by atoms with E-state index in [0.717, 1.165) is 22.5 Å². The minimum atomic E-state index is 0.00771. The van der Waals surface area contributed by atoms with Crippen molar-refractivity contribution in [2.24, 2.45) is 0 Å². The number of aryl methyl sites for hydroxylation is 3. The van der Waals surface area contributed by atoms with E-state index in [-0.39, 0.29) is 11.9 Å². The molecule has 2 heterocycles. The van der Waals surface area contributed by atoms with Crippen molar-refractivity contribution in [3.05, 3.63) is 34.9 Å². The molecule has 1 amide bonds. The maximum atomic E-state index is 12.0. The molecule has 0 saturated heterocycles. The molecular weight excluding hydrogens is 254 g/mol. The van der Waals surface area contributed by atoms with Gasteiger partial charge in [0.25, 0.3) is 0 Å². The molecule has 0 aliphatic carbocycles. The first-order valence-electron chi connectivity index (χ1n) is 6.75.